The molecule has 4 nitrogen and oxygen atoms in total. The average Bonchev–Trinajstić information content (AvgIpc) is 3.15. The van der Waals surface area contributed by atoms with Gasteiger partial charge in [0.25, 0.3) is 5.89 Å². The van der Waals surface area contributed by atoms with E-state index in [-0.39, 0.29) is 0 Å². The number of aryl methyl sites for hydroxylation is 1. The molecule has 2 N–H and O–H groups in total. The van der Waals surface area contributed by atoms with Gasteiger partial charge in [-0.2, -0.15) is 16.7 Å². The van der Waals surface area contributed by atoms with E-state index in [2.05, 4.69) is 17.1 Å². The largest absolute Gasteiger partial charge is 0.390 e. The molecule has 3 heterocycles. The molecule has 0 saturated carbocycles. The van der Waals surface area contributed by atoms with Gasteiger partial charge in [0, 0.05) is 21.6 Å². The van der Waals surface area contributed by atoms with Gasteiger partial charge >= 0.3 is 0 Å². The lowest BCUT2D eigenvalue weighted by Crippen LogP contribution is -2.16. The highest BCUT2D eigenvalue weighted by Crippen LogP contribution is 2.45. The summed E-state index contributed by atoms with van der Waals surface area (Å²) in [5.41, 5.74) is 8.53. The maximum Gasteiger partial charge on any atom is 0.261 e. The van der Waals surface area contributed by atoms with Crippen molar-refractivity contribution in [2.45, 2.75) is 36.7 Å². The summed E-state index contributed by atoms with van der Waals surface area (Å²) in [5, 5.41) is 5.92. The van der Waals surface area contributed by atoms with E-state index in [0.717, 1.165) is 35.0 Å². The molecule has 1 aliphatic heterocycles. The molecule has 0 radical (unpaired) electrons. The molecule has 2 aromatic rings. The molecule has 0 amide bonds. The van der Waals surface area contributed by atoms with E-state index in [1.54, 1.807) is 11.3 Å². The molecule has 0 bridgehead atoms. The Morgan fingerprint density at radius 2 is 2.10 bits per heavy atom. The summed E-state index contributed by atoms with van der Waals surface area (Å²) in [6.45, 7) is 2.24. The zero-order valence-corrected chi connectivity index (χ0v) is 14.2. The smallest absolute Gasteiger partial charge is 0.261 e. The van der Waals surface area contributed by atoms with Gasteiger partial charge in [0.05, 0.1) is 15.8 Å². The highest BCUT2D eigenvalue weighted by molar-refractivity contribution is 8.06. The number of nitrogen functional groups attached to an aromatic ring is 1. The monoisotopic (exact) mass is 339 g/mol. The average molecular weight is 340 g/mol. The number of aromatic nitrogens is 2. The summed E-state index contributed by atoms with van der Waals surface area (Å²) in [4.78, 5) is 6.08. The normalized spacial score (nSPS) is 25.2. The van der Waals surface area contributed by atoms with Crippen LogP contribution in [0.2, 0.25) is 0 Å². The van der Waals surface area contributed by atoms with Crippen LogP contribution in [0.5, 0.6) is 0 Å². The number of hydrogen-bond donors (Lipinski definition) is 1. The first-order chi connectivity index (χ1) is 10.2. The maximum atomic E-state index is 6.18. The number of hydrogen-bond acceptors (Lipinski definition) is 7. The van der Waals surface area contributed by atoms with Crippen molar-refractivity contribution in [2.75, 3.05) is 17.2 Å². The molecule has 0 spiro atoms. The molecule has 112 valence electrons. The van der Waals surface area contributed by atoms with E-state index in [4.69, 9.17) is 10.3 Å². The lowest BCUT2D eigenvalue weighted by Gasteiger charge is -2.24. The Balaban J connectivity index is 1.68. The summed E-state index contributed by atoms with van der Waals surface area (Å²) in [7, 11) is 0. The number of nitrogens with zero attached hydrogens (tertiary/aromatic N) is 2. The third-order valence-corrected chi connectivity index (χ3v) is 8.25. The van der Waals surface area contributed by atoms with Crippen LogP contribution in [0.4, 0.5) is 5.00 Å². The van der Waals surface area contributed by atoms with Crippen LogP contribution < -0.4 is 5.73 Å². The van der Waals surface area contributed by atoms with Gasteiger partial charge < -0.3 is 10.3 Å². The van der Waals surface area contributed by atoms with Gasteiger partial charge in [0.2, 0.25) is 0 Å². The van der Waals surface area contributed by atoms with Crippen molar-refractivity contribution >= 4 is 39.9 Å². The predicted molar refractivity (Wildman–Crippen MR) is 91.2 cm³/mol. The molecule has 2 unspecified atom stereocenters. The molecule has 2 aromatic heterocycles. The Morgan fingerprint density at radius 3 is 2.95 bits per heavy atom. The minimum Gasteiger partial charge on any atom is -0.390 e. The first-order valence-corrected chi connectivity index (χ1v) is 10.1. The van der Waals surface area contributed by atoms with Crippen molar-refractivity contribution in [3.05, 3.63) is 16.3 Å². The predicted octanol–water partition coefficient (Wildman–Crippen LogP) is 3.78. The first-order valence-electron chi connectivity index (χ1n) is 7.21. The first kappa shape index (κ1) is 14.0. The number of anilines is 1. The van der Waals surface area contributed by atoms with Crippen molar-refractivity contribution in [2.24, 2.45) is 0 Å². The van der Waals surface area contributed by atoms with Crippen LogP contribution in [0.1, 0.15) is 34.9 Å². The Hall–Kier alpha value is -0.660. The van der Waals surface area contributed by atoms with Gasteiger partial charge in [-0.05, 0) is 24.8 Å². The lowest BCUT2D eigenvalue weighted by atomic mass is 10.1. The van der Waals surface area contributed by atoms with E-state index in [1.165, 1.54) is 22.6 Å². The Labute approximate surface area is 136 Å². The van der Waals surface area contributed by atoms with Crippen LogP contribution in [-0.4, -0.2) is 26.9 Å². The van der Waals surface area contributed by atoms with Crippen LogP contribution in [0, 0.1) is 0 Å². The SMILES string of the molecule is CC1SCCSC1c1noc(-c2c(N)sc3c2CCC3)n1. The minimum atomic E-state index is 0.328. The summed E-state index contributed by atoms with van der Waals surface area (Å²) in [6, 6.07) is 0. The molecular formula is C14H17N3OS3. The Kier molecular flexibility index (Phi) is 3.67. The van der Waals surface area contributed by atoms with Gasteiger partial charge in [0.1, 0.15) is 0 Å². The van der Waals surface area contributed by atoms with E-state index in [1.807, 2.05) is 23.5 Å². The third kappa shape index (κ3) is 2.39. The van der Waals surface area contributed by atoms with Gasteiger partial charge in [0.15, 0.2) is 5.82 Å². The van der Waals surface area contributed by atoms with Crippen molar-refractivity contribution in [1.82, 2.24) is 10.1 Å². The molecule has 2 aliphatic rings. The third-order valence-electron chi connectivity index (χ3n) is 4.05. The van der Waals surface area contributed by atoms with E-state index < -0.39 is 0 Å². The molecule has 4 rings (SSSR count). The highest BCUT2D eigenvalue weighted by Gasteiger charge is 2.30. The fraction of sp³-hybridized carbons (Fsp3) is 0.571. The van der Waals surface area contributed by atoms with Gasteiger partial charge in [-0.25, -0.2) is 0 Å². The molecule has 1 fully saturated rings. The Bertz CT molecular complexity index is 666. The molecular weight excluding hydrogens is 322 g/mol. The number of rotatable bonds is 2. The lowest BCUT2D eigenvalue weighted by molar-refractivity contribution is 0.422. The second-order valence-electron chi connectivity index (χ2n) is 5.42. The van der Waals surface area contributed by atoms with Gasteiger partial charge in [-0.1, -0.05) is 12.1 Å². The van der Waals surface area contributed by atoms with E-state index in [9.17, 15) is 0 Å². The van der Waals surface area contributed by atoms with Crippen LogP contribution in [0.15, 0.2) is 4.52 Å². The van der Waals surface area contributed by atoms with E-state index >= 15 is 0 Å². The number of fused-ring (bicyclic) bond motifs is 1. The summed E-state index contributed by atoms with van der Waals surface area (Å²) < 4.78 is 5.56. The molecule has 2 atom stereocenters. The second-order valence-corrected chi connectivity index (χ2v) is 9.29. The number of thioether (sulfide) groups is 2. The minimum absolute atomic E-state index is 0.328. The number of nitrogens with two attached hydrogens (primary N) is 1. The number of thiophene rings is 1. The van der Waals surface area contributed by atoms with Crippen LogP contribution in [0.25, 0.3) is 11.5 Å². The van der Waals surface area contributed by atoms with Gasteiger partial charge in [-0.15, -0.1) is 23.1 Å². The highest BCUT2D eigenvalue weighted by atomic mass is 32.2. The summed E-state index contributed by atoms with van der Waals surface area (Å²) in [6.07, 6.45) is 3.43. The van der Waals surface area contributed by atoms with Crippen molar-refractivity contribution in [3.63, 3.8) is 0 Å². The van der Waals surface area contributed by atoms with Crippen LogP contribution in [-0.2, 0) is 12.8 Å². The van der Waals surface area contributed by atoms with Crippen molar-refractivity contribution < 1.29 is 4.52 Å². The van der Waals surface area contributed by atoms with Crippen molar-refractivity contribution in [1.29, 1.82) is 0 Å². The van der Waals surface area contributed by atoms with E-state index in [0.29, 0.717) is 16.4 Å². The van der Waals surface area contributed by atoms with Crippen LogP contribution >= 0.6 is 34.9 Å². The zero-order valence-electron chi connectivity index (χ0n) is 11.8. The van der Waals surface area contributed by atoms with Gasteiger partial charge in [-0.3, -0.25) is 0 Å². The zero-order chi connectivity index (χ0) is 14.4. The maximum absolute atomic E-state index is 6.18. The van der Waals surface area contributed by atoms with Crippen molar-refractivity contribution in [3.8, 4) is 11.5 Å². The molecule has 21 heavy (non-hydrogen) atoms. The standard InChI is InChI=1S/C14H17N3OS3/c1-7-11(20-6-5-19-7)13-16-14(18-17-13)10-8-3-2-4-9(8)21-12(10)15/h7,11H,2-6,15H2,1H3. The van der Waals surface area contributed by atoms with Crippen LogP contribution in [0.3, 0.4) is 0 Å². The summed E-state index contributed by atoms with van der Waals surface area (Å²) >= 11 is 5.60. The fourth-order valence-electron chi connectivity index (χ4n) is 3.03. The Morgan fingerprint density at radius 1 is 1.24 bits per heavy atom. The topological polar surface area (TPSA) is 64.9 Å². The second kappa shape index (κ2) is 5.52. The fourth-order valence-corrected chi connectivity index (χ4v) is 6.86. The quantitative estimate of drug-likeness (QED) is 0.898. The summed E-state index contributed by atoms with van der Waals surface area (Å²) in [5.74, 6) is 3.80. The molecule has 1 aliphatic carbocycles. The molecule has 7 heteroatoms. The molecule has 1 saturated heterocycles. The molecule has 0 aromatic carbocycles.